The molecule has 0 fully saturated rings. The maximum atomic E-state index is 6.19. The van der Waals surface area contributed by atoms with E-state index in [1.807, 2.05) is 24.3 Å². The van der Waals surface area contributed by atoms with Crippen molar-refractivity contribution in [1.29, 1.82) is 0 Å². The number of fused-ring (bicyclic) bond motifs is 2. The minimum atomic E-state index is -0.792. The highest BCUT2D eigenvalue weighted by Gasteiger charge is 2.27. The van der Waals surface area contributed by atoms with Crippen LogP contribution in [0.1, 0.15) is 13.8 Å². The lowest BCUT2D eigenvalue weighted by atomic mass is 10.1. The van der Waals surface area contributed by atoms with Crippen LogP contribution in [0.3, 0.4) is 0 Å². The zero-order valence-electron chi connectivity index (χ0n) is 19.0. The van der Waals surface area contributed by atoms with Crippen LogP contribution in [-0.4, -0.2) is 33.5 Å². The molecular weight excluding hydrogens is 419 g/mol. The summed E-state index contributed by atoms with van der Waals surface area (Å²) >= 11 is 0. The molecule has 0 aliphatic rings. The van der Waals surface area contributed by atoms with Crippen molar-refractivity contribution in [2.45, 2.75) is 19.5 Å². The minimum absolute atomic E-state index is 0.201. The number of ether oxygens (including phenoxy) is 4. The van der Waals surface area contributed by atoms with Gasteiger partial charge in [0, 0.05) is 35.6 Å². The van der Waals surface area contributed by atoms with Gasteiger partial charge < -0.3 is 18.9 Å². The van der Waals surface area contributed by atoms with Crippen molar-refractivity contribution in [3.05, 3.63) is 72.8 Å². The van der Waals surface area contributed by atoms with Crippen molar-refractivity contribution in [1.82, 2.24) is 0 Å². The third kappa shape index (κ3) is 4.45. The maximum Gasteiger partial charge on any atom is 0.188 e. The molecule has 4 aromatic rings. The Hall–Kier alpha value is -2.65. The first-order valence-electron chi connectivity index (χ1n) is 10.7. The first-order chi connectivity index (χ1) is 15.7. The average Bonchev–Trinajstić information content (AvgIpc) is 2.82. The number of methoxy groups -OCH3 is 2. The van der Waals surface area contributed by atoms with Crippen LogP contribution in [0.15, 0.2) is 72.8 Å². The number of hydrogen-bond donors (Lipinski definition) is 0. The second-order valence-corrected chi connectivity index (χ2v) is 10.6. The summed E-state index contributed by atoms with van der Waals surface area (Å²) in [5.41, 5.74) is 0.363. The third-order valence-electron chi connectivity index (χ3n) is 5.40. The highest BCUT2D eigenvalue weighted by molar-refractivity contribution is 7.74. The van der Waals surface area contributed by atoms with Crippen molar-refractivity contribution in [3.63, 3.8) is 0 Å². The van der Waals surface area contributed by atoms with E-state index in [2.05, 4.69) is 62.4 Å². The zero-order chi connectivity index (χ0) is 22.5. The van der Waals surface area contributed by atoms with Crippen molar-refractivity contribution >= 4 is 40.1 Å². The highest BCUT2D eigenvalue weighted by atomic mass is 31.1. The van der Waals surface area contributed by atoms with Gasteiger partial charge in [0.15, 0.2) is 13.6 Å². The van der Waals surface area contributed by atoms with Crippen molar-refractivity contribution in [2.24, 2.45) is 0 Å². The summed E-state index contributed by atoms with van der Waals surface area (Å²) in [4.78, 5) is 0. The second-order valence-electron chi connectivity index (χ2n) is 7.84. The van der Waals surface area contributed by atoms with Gasteiger partial charge in [0.05, 0.1) is 0 Å². The first kappa shape index (κ1) is 22.5. The Morgan fingerprint density at radius 1 is 0.625 bits per heavy atom. The van der Waals surface area contributed by atoms with Crippen molar-refractivity contribution in [2.75, 3.05) is 27.8 Å². The van der Waals surface area contributed by atoms with Gasteiger partial charge in [-0.2, -0.15) is 0 Å². The van der Waals surface area contributed by atoms with E-state index in [-0.39, 0.29) is 13.6 Å². The fourth-order valence-corrected chi connectivity index (χ4v) is 6.72. The molecule has 0 bridgehead atoms. The van der Waals surface area contributed by atoms with Gasteiger partial charge in [0.25, 0.3) is 0 Å². The molecule has 0 aromatic heterocycles. The van der Waals surface area contributed by atoms with E-state index >= 15 is 0 Å². The fraction of sp³-hybridized carbons (Fsp3) is 0.259. The molecule has 0 atom stereocenters. The number of rotatable bonds is 9. The van der Waals surface area contributed by atoms with Gasteiger partial charge >= 0.3 is 0 Å². The highest BCUT2D eigenvalue weighted by Crippen LogP contribution is 2.47. The van der Waals surface area contributed by atoms with Gasteiger partial charge in [0.1, 0.15) is 11.5 Å². The molecule has 0 N–H and O–H groups in total. The average molecular weight is 448 g/mol. The summed E-state index contributed by atoms with van der Waals surface area (Å²) in [7, 11) is 2.51. The lowest BCUT2D eigenvalue weighted by Gasteiger charge is -2.28. The molecule has 0 heterocycles. The molecule has 4 nitrogen and oxygen atoms in total. The predicted octanol–water partition coefficient (Wildman–Crippen LogP) is 5.80. The molecule has 0 saturated carbocycles. The smallest absolute Gasteiger partial charge is 0.188 e. The SMILES string of the molecule is COCOc1c(P(c2ccc3ccccc3c2OCOC)C(C)C)ccc2ccccc12. The van der Waals surface area contributed by atoms with E-state index in [1.165, 1.54) is 10.6 Å². The van der Waals surface area contributed by atoms with Crippen LogP contribution < -0.4 is 20.1 Å². The summed E-state index contributed by atoms with van der Waals surface area (Å²) < 4.78 is 22.9. The van der Waals surface area contributed by atoms with E-state index in [0.717, 1.165) is 33.0 Å². The van der Waals surface area contributed by atoms with Gasteiger partial charge in [-0.3, -0.25) is 0 Å². The Balaban J connectivity index is 1.95. The lowest BCUT2D eigenvalue weighted by Crippen LogP contribution is -2.23. The third-order valence-corrected chi connectivity index (χ3v) is 8.17. The van der Waals surface area contributed by atoms with Gasteiger partial charge in [-0.15, -0.1) is 0 Å². The summed E-state index contributed by atoms with van der Waals surface area (Å²) in [6.45, 7) is 4.92. The van der Waals surface area contributed by atoms with Gasteiger partial charge in [0.2, 0.25) is 0 Å². The molecule has 4 aromatic carbocycles. The minimum Gasteiger partial charge on any atom is -0.466 e. The van der Waals surface area contributed by atoms with E-state index in [1.54, 1.807) is 14.2 Å². The molecule has 4 rings (SSSR count). The van der Waals surface area contributed by atoms with Gasteiger partial charge in [-0.1, -0.05) is 74.5 Å². The second kappa shape index (κ2) is 10.3. The monoisotopic (exact) mass is 448 g/mol. The van der Waals surface area contributed by atoms with Crippen molar-refractivity contribution < 1.29 is 18.9 Å². The Morgan fingerprint density at radius 3 is 1.47 bits per heavy atom. The quantitative estimate of drug-likeness (QED) is 0.240. The van der Waals surface area contributed by atoms with Gasteiger partial charge in [-0.05, 0) is 36.5 Å². The van der Waals surface area contributed by atoms with Crippen LogP contribution in [-0.2, 0) is 9.47 Å². The first-order valence-corrected chi connectivity index (χ1v) is 12.1. The Labute approximate surface area is 190 Å². The maximum absolute atomic E-state index is 6.19. The van der Waals surface area contributed by atoms with E-state index in [4.69, 9.17) is 18.9 Å². The summed E-state index contributed by atoms with van der Waals surface area (Å²) in [6, 6.07) is 25.4. The number of benzene rings is 4. The molecule has 32 heavy (non-hydrogen) atoms. The van der Waals surface area contributed by atoms with Crippen LogP contribution in [0, 0.1) is 0 Å². The molecule has 0 unspecified atom stereocenters. The molecule has 5 heteroatoms. The predicted molar refractivity (Wildman–Crippen MR) is 134 cm³/mol. The molecular formula is C27H29O4P. The molecule has 0 spiro atoms. The summed E-state index contributed by atoms with van der Waals surface area (Å²) in [5.74, 6) is 1.77. The van der Waals surface area contributed by atoms with E-state index in [0.29, 0.717) is 5.66 Å². The van der Waals surface area contributed by atoms with Crippen LogP contribution in [0.4, 0.5) is 0 Å². The lowest BCUT2D eigenvalue weighted by molar-refractivity contribution is 0.0529. The Bertz CT molecular complexity index is 1110. The normalized spacial score (nSPS) is 11.6. The van der Waals surface area contributed by atoms with Crippen LogP contribution >= 0.6 is 7.92 Å². The zero-order valence-corrected chi connectivity index (χ0v) is 19.9. The summed E-state index contributed by atoms with van der Waals surface area (Å²) in [6.07, 6.45) is 0. The van der Waals surface area contributed by atoms with E-state index < -0.39 is 7.92 Å². The number of hydrogen-bond acceptors (Lipinski definition) is 4. The fourth-order valence-electron chi connectivity index (χ4n) is 4.07. The topological polar surface area (TPSA) is 36.9 Å². The Morgan fingerprint density at radius 2 is 1.06 bits per heavy atom. The molecule has 0 saturated heterocycles. The Kier molecular flexibility index (Phi) is 7.26. The van der Waals surface area contributed by atoms with Crippen LogP contribution in [0.5, 0.6) is 11.5 Å². The molecule has 0 radical (unpaired) electrons. The summed E-state index contributed by atoms with van der Waals surface area (Å²) in [5, 5.41) is 6.85. The largest absolute Gasteiger partial charge is 0.466 e. The van der Waals surface area contributed by atoms with E-state index in [9.17, 15) is 0 Å². The molecule has 0 aliphatic carbocycles. The van der Waals surface area contributed by atoms with Crippen molar-refractivity contribution in [3.8, 4) is 11.5 Å². The molecule has 0 aliphatic heterocycles. The van der Waals surface area contributed by atoms with Crippen LogP contribution in [0.25, 0.3) is 21.5 Å². The standard InChI is InChI=1S/C27H29O4P/c1-19(2)32(24-15-13-20-9-5-7-11-22(20)26(24)30-17-28-3)25-16-14-21-10-6-8-12-23(21)27(25)31-18-29-4/h5-16,19H,17-18H2,1-4H3. The molecule has 166 valence electrons. The van der Waals surface area contributed by atoms with Crippen LogP contribution in [0.2, 0.25) is 0 Å². The van der Waals surface area contributed by atoms with Gasteiger partial charge in [-0.25, -0.2) is 0 Å². The molecule has 0 amide bonds.